The smallest absolute Gasteiger partial charge is 0.237 e. The molecule has 3 aromatic carbocycles. The van der Waals surface area contributed by atoms with Crippen LogP contribution in [0.2, 0.25) is 5.02 Å². The average molecular weight is 606 g/mol. The third kappa shape index (κ3) is 6.09. The molecule has 228 valence electrons. The number of benzene rings is 3. The summed E-state index contributed by atoms with van der Waals surface area (Å²) in [6.07, 6.45) is 1.92. The zero-order valence-corrected chi connectivity index (χ0v) is 26.1. The van der Waals surface area contributed by atoms with Gasteiger partial charge in [-0.25, -0.2) is 0 Å². The number of aliphatic hydroxyl groups is 1. The van der Waals surface area contributed by atoms with Gasteiger partial charge >= 0.3 is 0 Å². The van der Waals surface area contributed by atoms with E-state index in [-0.39, 0.29) is 43.0 Å². The summed E-state index contributed by atoms with van der Waals surface area (Å²) in [4.78, 5) is 30.5. The molecule has 2 heterocycles. The third-order valence-corrected chi connectivity index (χ3v) is 8.75. The molecule has 9 heteroatoms. The SMILES string of the molecule is CNC(=O)[C@H]1CCCN1[C@@H](C)c1ccc(N2C(=O)Cc3cc(OC)c(OC(C)C)cc3[C@@H]2c2ccc(Cl)cc2CO)cc1. The van der Waals surface area contributed by atoms with Crippen LogP contribution in [0.25, 0.3) is 0 Å². The fraction of sp³-hybridized carbons (Fsp3) is 0.412. The van der Waals surface area contributed by atoms with Crippen LogP contribution in [0.1, 0.15) is 73.5 Å². The Kier molecular flexibility index (Phi) is 9.30. The molecule has 1 saturated heterocycles. The van der Waals surface area contributed by atoms with Gasteiger partial charge in [-0.3, -0.25) is 14.5 Å². The van der Waals surface area contributed by atoms with Crippen LogP contribution in [-0.4, -0.2) is 54.7 Å². The number of rotatable bonds is 9. The number of carbonyl (C=O) groups is 2. The number of hydrogen-bond donors (Lipinski definition) is 2. The molecule has 0 unspecified atom stereocenters. The number of nitrogens with one attached hydrogen (secondary N) is 1. The summed E-state index contributed by atoms with van der Waals surface area (Å²) < 4.78 is 11.8. The van der Waals surface area contributed by atoms with Crippen LogP contribution in [0, 0.1) is 0 Å². The third-order valence-electron chi connectivity index (χ3n) is 8.52. The molecule has 1 fully saturated rings. The Bertz CT molecular complexity index is 1490. The second kappa shape index (κ2) is 13.0. The van der Waals surface area contributed by atoms with Crippen molar-refractivity contribution in [1.82, 2.24) is 10.2 Å². The summed E-state index contributed by atoms with van der Waals surface area (Å²) in [7, 11) is 3.27. The standard InChI is InChI=1S/C34H40ClN3O5/c1-20(2)43-31-18-28-23(16-30(31)42-5)17-32(40)38(33(28)27-13-10-25(35)15-24(27)19-39)26-11-8-22(9-12-26)21(3)37-14-6-7-29(37)34(41)36-4/h8-13,15-16,18,20-21,29,33,39H,6-7,14,17,19H2,1-5H3,(H,36,41)/t21-,29+,33-/m0/s1. The maximum Gasteiger partial charge on any atom is 0.237 e. The molecule has 3 aromatic rings. The molecule has 5 rings (SSSR count). The van der Waals surface area contributed by atoms with Gasteiger partial charge in [0.2, 0.25) is 11.8 Å². The van der Waals surface area contributed by atoms with E-state index in [2.05, 4.69) is 17.1 Å². The Morgan fingerprint density at radius 3 is 2.47 bits per heavy atom. The number of likely N-dealkylation sites (tertiary alicyclic amines) is 1. The molecule has 43 heavy (non-hydrogen) atoms. The lowest BCUT2D eigenvalue weighted by Gasteiger charge is -2.39. The van der Waals surface area contributed by atoms with E-state index in [1.54, 1.807) is 31.2 Å². The Morgan fingerprint density at radius 2 is 1.81 bits per heavy atom. The summed E-state index contributed by atoms with van der Waals surface area (Å²) in [6.45, 7) is 6.66. The van der Waals surface area contributed by atoms with Crippen LogP contribution in [0.3, 0.4) is 0 Å². The van der Waals surface area contributed by atoms with E-state index in [0.29, 0.717) is 22.1 Å². The normalized spacial score (nSPS) is 19.3. The van der Waals surface area contributed by atoms with Crippen molar-refractivity contribution in [3.8, 4) is 11.5 Å². The predicted octanol–water partition coefficient (Wildman–Crippen LogP) is 5.58. The first-order chi connectivity index (χ1) is 20.7. The second-order valence-corrected chi connectivity index (χ2v) is 11.9. The van der Waals surface area contributed by atoms with Crippen LogP contribution >= 0.6 is 11.6 Å². The summed E-state index contributed by atoms with van der Waals surface area (Å²) in [5, 5.41) is 13.6. The van der Waals surface area contributed by atoms with E-state index in [4.69, 9.17) is 21.1 Å². The monoisotopic (exact) mass is 605 g/mol. The van der Waals surface area contributed by atoms with Gasteiger partial charge in [-0.1, -0.05) is 29.8 Å². The van der Waals surface area contributed by atoms with Crippen molar-refractivity contribution in [3.05, 3.63) is 87.4 Å². The molecular weight excluding hydrogens is 566 g/mol. The summed E-state index contributed by atoms with van der Waals surface area (Å²) in [5.41, 5.74) is 4.98. The highest BCUT2D eigenvalue weighted by atomic mass is 35.5. The maximum atomic E-state index is 14.0. The lowest BCUT2D eigenvalue weighted by molar-refractivity contribution is -0.125. The van der Waals surface area contributed by atoms with Crippen molar-refractivity contribution >= 4 is 29.1 Å². The van der Waals surface area contributed by atoms with Gasteiger partial charge in [0, 0.05) is 23.8 Å². The van der Waals surface area contributed by atoms with Gasteiger partial charge in [0.05, 0.1) is 38.3 Å². The zero-order valence-electron chi connectivity index (χ0n) is 25.4. The minimum absolute atomic E-state index is 0.0351. The highest BCUT2D eigenvalue weighted by molar-refractivity contribution is 6.30. The minimum atomic E-state index is -0.532. The molecule has 2 N–H and O–H groups in total. The van der Waals surface area contributed by atoms with E-state index in [0.717, 1.165) is 47.3 Å². The van der Waals surface area contributed by atoms with E-state index in [9.17, 15) is 14.7 Å². The Labute approximate surface area is 258 Å². The summed E-state index contributed by atoms with van der Waals surface area (Å²) in [6, 6.07) is 16.6. The molecule has 0 saturated carbocycles. The summed E-state index contributed by atoms with van der Waals surface area (Å²) in [5.74, 6) is 1.13. The highest BCUT2D eigenvalue weighted by Crippen LogP contribution is 2.45. The predicted molar refractivity (Wildman–Crippen MR) is 168 cm³/mol. The van der Waals surface area contributed by atoms with Gasteiger partial charge in [0.25, 0.3) is 0 Å². The number of ether oxygens (including phenoxy) is 2. The lowest BCUT2D eigenvalue weighted by atomic mass is 9.85. The molecule has 0 spiro atoms. The number of nitrogens with zero attached hydrogens (tertiary/aromatic N) is 2. The van der Waals surface area contributed by atoms with Gasteiger partial charge < -0.3 is 24.8 Å². The van der Waals surface area contributed by atoms with Gasteiger partial charge in [-0.05, 0) is 104 Å². The van der Waals surface area contributed by atoms with Crippen molar-refractivity contribution in [2.24, 2.45) is 0 Å². The largest absolute Gasteiger partial charge is 0.493 e. The lowest BCUT2D eigenvalue weighted by Crippen LogP contribution is -2.43. The van der Waals surface area contributed by atoms with E-state index < -0.39 is 6.04 Å². The number of halogens is 1. The fourth-order valence-corrected chi connectivity index (χ4v) is 6.64. The molecule has 2 aliphatic rings. The molecule has 0 aliphatic carbocycles. The molecule has 2 aliphatic heterocycles. The van der Waals surface area contributed by atoms with Gasteiger partial charge in [0.15, 0.2) is 11.5 Å². The summed E-state index contributed by atoms with van der Waals surface area (Å²) >= 11 is 6.32. The van der Waals surface area contributed by atoms with E-state index >= 15 is 0 Å². The number of carbonyl (C=O) groups excluding carboxylic acids is 2. The van der Waals surface area contributed by atoms with Crippen LogP contribution in [0.15, 0.2) is 54.6 Å². The van der Waals surface area contributed by atoms with Gasteiger partial charge in [-0.2, -0.15) is 0 Å². The molecule has 8 nitrogen and oxygen atoms in total. The zero-order chi connectivity index (χ0) is 30.8. The molecule has 0 aromatic heterocycles. The fourth-order valence-electron chi connectivity index (χ4n) is 6.45. The molecular formula is C34H40ClN3O5. The Hall–Kier alpha value is -3.59. The van der Waals surface area contributed by atoms with Crippen molar-refractivity contribution in [3.63, 3.8) is 0 Å². The van der Waals surface area contributed by atoms with E-state index in [1.807, 2.05) is 56.3 Å². The number of hydrogen-bond acceptors (Lipinski definition) is 6. The number of amides is 2. The van der Waals surface area contributed by atoms with Gasteiger partial charge in [0.1, 0.15) is 0 Å². The topological polar surface area (TPSA) is 91.3 Å². The number of aliphatic hydroxyl groups excluding tert-OH is 1. The number of likely N-dealkylation sites (N-methyl/N-ethyl adjacent to an activating group) is 1. The number of anilines is 1. The van der Waals surface area contributed by atoms with Crippen molar-refractivity contribution in [2.45, 2.75) is 70.9 Å². The molecule has 0 radical (unpaired) electrons. The van der Waals surface area contributed by atoms with Gasteiger partial charge in [-0.15, -0.1) is 0 Å². The number of methoxy groups -OCH3 is 1. The second-order valence-electron chi connectivity index (χ2n) is 11.5. The molecule has 2 amide bonds. The first-order valence-corrected chi connectivity index (χ1v) is 15.2. The molecule has 0 bridgehead atoms. The highest BCUT2D eigenvalue weighted by Gasteiger charge is 2.38. The first-order valence-electron chi connectivity index (χ1n) is 14.8. The molecule has 3 atom stereocenters. The number of fused-ring (bicyclic) bond motifs is 1. The first kappa shape index (κ1) is 30.9. The maximum absolute atomic E-state index is 14.0. The van der Waals surface area contributed by atoms with Crippen molar-refractivity contribution < 1.29 is 24.2 Å². The van der Waals surface area contributed by atoms with Crippen LogP contribution in [0.4, 0.5) is 5.69 Å². The van der Waals surface area contributed by atoms with Crippen molar-refractivity contribution in [1.29, 1.82) is 0 Å². The van der Waals surface area contributed by atoms with Crippen LogP contribution in [-0.2, 0) is 22.6 Å². The van der Waals surface area contributed by atoms with Crippen LogP contribution < -0.4 is 19.7 Å². The van der Waals surface area contributed by atoms with E-state index in [1.165, 1.54) is 0 Å². The van der Waals surface area contributed by atoms with Crippen LogP contribution in [0.5, 0.6) is 11.5 Å². The quantitative estimate of drug-likeness (QED) is 0.331. The minimum Gasteiger partial charge on any atom is -0.493 e. The Balaban J connectivity index is 1.59. The Morgan fingerprint density at radius 1 is 1.07 bits per heavy atom. The van der Waals surface area contributed by atoms with Crippen molar-refractivity contribution in [2.75, 3.05) is 25.6 Å². The average Bonchev–Trinajstić information content (AvgIpc) is 3.49.